The fourth-order valence-electron chi connectivity index (χ4n) is 2.93. The summed E-state index contributed by atoms with van der Waals surface area (Å²) in [5, 5.41) is 3.55. The van der Waals surface area contributed by atoms with E-state index in [2.05, 4.69) is 41.7 Å². The van der Waals surface area contributed by atoms with Crippen molar-refractivity contribution < 1.29 is 0 Å². The third-order valence-corrected chi connectivity index (χ3v) is 4.49. The summed E-state index contributed by atoms with van der Waals surface area (Å²) in [6.45, 7) is 0.965. The van der Waals surface area contributed by atoms with Crippen molar-refractivity contribution in [3.05, 3.63) is 65.2 Å². The number of nitrogen functional groups attached to an aromatic ring is 1. The van der Waals surface area contributed by atoms with Crippen molar-refractivity contribution in [2.24, 2.45) is 0 Å². The molecule has 1 aliphatic rings. The predicted octanol–water partition coefficient (Wildman–Crippen LogP) is 3.46. The maximum absolute atomic E-state index is 5.88. The normalized spacial score (nSPS) is 17.2. The fraction of sp³-hybridized carbons (Fsp3) is 0.278. The highest BCUT2D eigenvalue weighted by molar-refractivity contribution is 7.80. The number of benzene rings is 2. The monoisotopic (exact) mass is 296 g/mol. The summed E-state index contributed by atoms with van der Waals surface area (Å²) in [5.74, 6) is 0. The molecule has 0 bridgehead atoms. The Morgan fingerprint density at radius 1 is 1.19 bits per heavy atom. The third-order valence-electron chi connectivity index (χ3n) is 4.05. The van der Waals surface area contributed by atoms with Crippen LogP contribution in [0.5, 0.6) is 0 Å². The topological polar surface area (TPSA) is 38.0 Å². The van der Waals surface area contributed by atoms with Crippen LogP contribution in [-0.4, -0.2) is 11.4 Å². The van der Waals surface area contributed by atoms with E-state index >= 15 is 0 Å². The summed E-state index contributed by atoms with van der Waals surface area (Å²) < 4.78 is 0. The Hall–Kier alpha value is -1.71. The molecule has 108 valence electrons. The zero-order chi connectivity index (χ0) is 14.7. The number of anilines is 1. The molecule has 2 nitrogen and oxygen atoms in total. The number of hydrogen-bond acceptors (Lipinski definition) is 3. The summed E-state index contributed by atoms with van der Waals surface area (Å²) in [6.07, 6.45) is 2.96. The van der Waals surface area contributed by atoms with Crippen LogP contribution in [0.25, 0.3) is 0 Å². The molecule has 1 aliphatic heterocycles. The zero-order valence-corrected chi connectivity index (χ0v) is 12.8. The molecule has 2 aromatic rings. The second-order valence-electron chi connectivity index (χ2n) is 5.55. The minimum absolute atomic E-state index is 0.188. The van der Waals surface area contributed by atoms with Gasteiger partial charge < -0.3 is 11.1 Å². The molecule has 1 unspecified atom stereocenters. The Morgan fingerprint density at radius 3 is 2.81 bits per heavy atom. The molecule has 3 N–H and O–H groups in total. The van der Waals surface area contributed by atoms with E-state index in [0.29, 0.717) is 0 Å². The summed E-state index contributed by atoms with van der Waals surface area (Å²) >= 11 is 5.69. The first-order valence-electron chi connectivity index (χ1n) is 7.42. The highest BCUT2D eigenvalue weighted by Gasteiger charge is 2.22. The van der Waals surface area contributed by atoms with E-state index in [0.717, 1.165) is 36.4 Å². The van der Waals surface area contributed by atoms with Crippen molar-refractivity contribution in [3.8, 4) is 0 Å². The van der Waals surface area contributed by atoms with Gasteiger partial charge in [-0.05, 0) is 48.1 Å². The lowest BCUT2D eigenvalue weighted by Crippen LogP contribution is -2.34. The van der Waals surface area contributed by atoms with Crippen molar-refractivity contribution in [2.75, 3.05) is 12.3 Å². The van der Waals surface area contributed by atoms with Gasteiger partial charge in [0.15, 0.2) is 0 Å². The van der Waals surface area contributed by atoms with Gasteiger partial charge in [-0.1, -0.05) is 48.6 Å². The van der Waals surface area contributed by atoms with Gasteiger partial charge in [-0.2, -0.15) is 0 Å². The Morgan fingerprint density at radius 2 is 2.00 bits per heavy atom. The molecular formula is C18H20N2S. The van der Waals surface area contributed by atoms with Gasteiger partial charge in [0.25, 0.3) is 0 Å². The molecule has 0 fully saturated rings. The molecule has 3 heteroatoms. The minimum Gasteiger partial charge on any atom is -0.399 e. The van der Waals surface area contributed by atoms with E-state index in [1.807, 2.05) is 12.1 Å². The molecule has 0 amide bonds. The Kier molecular flexibility index (Phi) is 4.32. The summed E-state index contributed by atoms with van der Waals surface area (Å²) in [5.41, 5.74) is 10.7. The molecule has 0 saturated heterocycles. The molecule has 0 aliphatic carbocycles. The fourth-order valence-corrected chi connectivity index (χ4v) is 3.24. The largest absolute Gasteiger partial charge is 0.399 e. The molecule has 3 rings (SSSR count). The van der Waals surface area contributed by atoms with E-state index in [-0.39, 0.29) is 6.04 Å². The van der Waals surface area contributed by atoms with Gasteiger partial charge in [0.1, 0.15) is 0 Å². The molecule has 1 heterocycles. The van der Waals surface area contributed by atoms with Crippen molar-refractivity contribution in [3.63, 3.8) is 0 Å². The first kappa shape index (κ1) is 14.2. The van der Waals surface area contributed by atoms with E-state index in [9.17, 15) is 0 Å². The first-order chi connectivity index (χ1) is 10.2. The minimum atomic E-state index is 0.188. The highest BCUT2D eigenvalue weighted by atomic mass is 32.1. The van der Waals surface area contributed by atoms with Crippen LogP contribution >= 0.6 is 12.2 Å². The van der Waals surface area contributed by atoms with Crippen molar-refractivity contribution in [1.82, 2.24) is 5.32 Å². The van der Waals surface area contributed by atoms with Gasteiger partial charge in [0.05, 0.1) is 6.04 Å². The number of hydrogen-bond donors (Lipinski definition) is 2. The summed E-state index contributed by atoms with van der Waals surface area (Å²) in [6, 6.07) is 16.9. The molecular weight excluding hydrogens is 276 g/mol. The van der Waals surface area contributed by atoms with Gasteiger partial charge >= 0.3 is 0 Å². The summed E-state index contributed by atoms with van der Waals surface area (Å²) in [4.78, 5) is 1.09. The molecule has 2 aromatic carbocycles. The Bertz CT molecular complexity index is 637. The van der Waals surface area contributed by atoms with Gasteiger partial charge in [-0.25, -0.2) is 0 Å². The van der Waals surface area contributed by atoms with Crippen LogP contribution in [0, 0.1) is 0 Å². The van der Waals surface area contributed by atoms with Gasteiger partial charge in [-0.15, -0.1) is 0 Å². The Balaban J connectivity index is 1.71. The molecule has 0 radical (unpaired) electrons. The lowest BCUT2D eigenvalue weighted by atomic mass is 9.90. The Labute approximate surface area is 131 Å². The standard InChI is InChI=1S/C18H20N2S/c19-15-7-8-16-14(12-15)10-11-20-18(16)17(21)9-6-13-4-2-1-3-5-13/h1-5,7-8,12,18,20H,6,9-11,19H2. The number of rotatable bonds is 4. The number of nitrogens with one attached hydrogen (secondary N) is 1. The molecule has 0 spiro atoms. The van der Waals surface area contributed by atoms with Gasteiger partial charge in [0.2, 0.25) is 0 Å². The maximum atomic E-state index is 5.88. The number of thiocarbonyl (C=S) groups is 1. The second-order valence-corrected chi connectivity index (χ2v) is 6.07. The third kappa shape index (κ3) is 3.31. The van der Waals surface area contributed by atoms with Crippen LogP contribution in [0.4, 0.5) is 5.69 Å². The summed E-state index contributed by atoms with van der Waals surface area (Å²) in [7, 11) is 0. The van der Waals surface area contributed by atoms with E-state index in [1.54, 1.807) is 0 Å². The lowest BCUT2D eigenvalue weighted by molar-refractivity contribution is 0.602. The van der Waals surface area contributed by atoms with Crippen LogP contribution in [0.15, 0.2) is 48.5 Å². The molecule has 0 saturated carbocycles. The molecule has 21 heavy (non-hydrogen) atoms. The van der Waals surface area contributed by atoms with Crippen LogP contribution in [0.2, 0.25) is 0 Å². The average molecular weight is 296 g/mol. The number of aryl methyl sites for hydroxylation is 1. The zero-order valence-electron chi connectivity index (χ0n) is 12.0. The van der Waals surface area contributed by atoms with Crippen molar-refractivity contribution in [1.29, 1.82) is 0 Å². The SMILES string of the molecule is Nc1ccc2c(c1)CCNC2C(=S)CCc1ccccc1. The van der Waals surface area contributed by atoms with Crippen LogP contribution in [-0.2, 0) is 12.8 Å². The highest BCUT2D eigenvalue weighted by Crippen LogP contribution is 2.27. The smallest absolute Gasteiger partial charge is 0.0643 e. The quantitative estimate of drug-likeness (QED) is 0.670. The first-order valence-corrected chi connectivity index (χ1v) is 7.83. The van der Waals surface area contributed by atoms with E-state index in [4.69, 9.17) is 18.0 Å². The maximum Gasteiger partial charge on any atom is 0.0643 e. The molecule has 0 aromatic heterocycles. The second kappa shape index (κ2) is 6.37. The van der Waals surface area contributed by atoms with Crippen molar-refractivity contribution in [2.45, 2.75) is 25.3 Å². The van der Waals surface area contributed by atoms with Gasteiger partial charge in [0, 0.05) is 17.1 Å². The predicted molar refractivity (Wildman–Crippen MR) is 92.7 cm³/mol. The van der Waals surface area contributed by atoms with Crippen LogP contribution in [0.1, 0.15) is 29.2 Å². The van der Waals surface area contributed by atoms with E-state index < -0.39 is 0 Å². The van der Waals surface area contributed by atoms with Crippen LogP contribution < -0.4 is 11.1 Å². The average Bonchev–Trinajstić information content (AvgIpc) is 2.52. The van der Waals surface area contributed by atoms with E-state index in [1.165, 1.54) is 16.7 Å². The molecule has 1 atom stereocenters. The lowest BCUT2D eigenvalue weighted by Gasteiger charge is -2.28. The van der Waals surface area contributed by atoms with Gasteiger partial charge in [-0.3, -0.25) is 0 Å². The van der Waals surface area contributed by atoms with Crippen LogP contribution in [0.3, 0.4) is 0 Å². The van der Waals surface area contributed by atoms with Crippen molar-refractivity contribution >= 4 is 22.8 Å². The number of fused-ring (bicyclic) bond motifs is 1. The number of nitrogens with two attached hydrogens (primary N) is 1.